The van der Waals surface area contributed by atoms with Crippen LogP contribution in [0.3, 0.4) is 0 Å². The van der Waals surface area contributed by atoms with Crippen LogP contribution in [0.15, 0.2) is 29.8 Å². The van der Waals surface area contributed by atoms with Gasteiger partial charge in [-0.05, 0) is 23.5 Å². The number of likely N-dealkylation sites (tertiary alicyclic amines) is 1. The standard InChI is InChI=1S/C21H30N5O3S/c1-13-18(30-12-23-13)15-7-5-14(6-8-15)10-24-26(29)17-9-16(27)11-25(17)20(28)19(22)21(2,3)4/h5-8,12,16-17,19,27H,9-11,22H2,1-4H3,(H,24,29)/q+1/t16-,17-,19-/m1/s1. The number of aromatic nitrogens is 1. The van der Waals surface area contributed by atoms with Crippen molar-refractivity contribution in [2.75, 3.05) is 6.54 Å². The van der Waals surface area contributed by atoms with E-state index in [0.29, 0.717) is 11.4 Å². The van der Waals surface area contributed by atoms with Gasteiger partial charge in [-0.2, -0.15) is 0 Å². The number of β-amino-alcohol motifs (C(OH)–C–C–N with tert-alkyl or cyclic N) is 1. The number of hydrogen-bond donors (Lipinski definition) is 3. The molecule has 1 aliphatic rings. The minimum absolute atomic E-state index is 0.108. The summed E-state index contributed by atoms with van der Waals surface area (Å²) in [4.78, 5) is 32.9. The van der Waals surface area contributed by atoms with Crippen LogP contribution in [0, 0.1) is 17.2 Å². The number of benzene rings is 1. The summed E-state index contributed by atoms with van der Waals surface area (Å²) in [6.07, 6.45) is -1.35. The van der Waals surface area contributed by atoms with Crippen molar-refractivity contribution in [3.63, 3.8) is 0 Å². The highest BCUT2D eigenvalue weighted by molar-refractivity contribution is 7.13. The largest absolute Gasteiger partial charge is 0.391 e. The van der Waals surface area contributed by atoms with Crippen molar-refractivity contribution in [2.24, 2.45) is 11.1 Å². The van der Waals surface area contributed by atoms with Crippen molar-refractivity contribution in [3.05, 3.63) is 45.9 Å². The summed E-state index contributed by atoms with van der Waals surface area (Å²) in [5.74, 6) is -0.323. The molecular weight excluding hydrogens is 402 g/mol. The molecular formula is C21H30N5O3S+. The van der Waals surface area contributed by atoms with Crippen molar-refractivity contribution in [1.29, 1.82) is 0 Å². The summed E-state index contributed by atoms with van der Waals surface area (Å²) >= 11 is 1.59. The molecule has 0 unspecified atom stereocenters. The van der Waals surface area contributed by atoms with Gasteiger partial charge in [0.15, 0.2) is 0 Å². The van der Waals surface area contributed by atoms with E-state index >= 15 is 0 Å². The summed E-state index contributed by atoms with van der Waals surface area (Å²) in [6.45, 7) is 8.03. The van der Waals surface area contributed by atoms with Gasteiger partial charge in [-0.3, -0.25) is 9.69 Å². The van der Waals surface area contributed by atoms with E-state index in [0.717, 1.165) is 21.7 Å². The quantitative estimate of drug-likeness (QED) is 0.477. The van der Waals surface area contributed by atoms with E-state index in [9.17, 15) is 14.8 Å². The fourth-order valence-electron chi connectivity index (χ4n) is 3.43. The molecule has 1 fully saturated rings. The van der Waals surface area contributed by atoms with Gasteiger partial charge in [-0.15, -0.1) is 16.8 Å². The number of nitrogens with two attached hydrogens (primary N) is 1. The topological polar surface area (TPSA) is 112 Å². The molecule has 3 atom stereocenters. The highest BCUT2D eigenvalue weighted by atomic mass is 32.1. The van der Waals surface area contributed by atoms with Crippen LogP contribution in [0.5, 0.6) is 0 Å². The number of nitrogens with one attached hydrogen (secondary N) is 1. The molecule has 0 spiro atoms. The van der Waals surface area contributed by atoms with Gasteiger partial charge < -0.3 is 10.8 Å². The average molecular weight is 433 g/mol. The van der Waals surface area contributed by atoms with Gasteiger partial charge >= 0.3 is 6.17 Å². The number of aliphatic hydroxyl groups excluding tert-OH is 1. The van der Waals surface area contributed by atoms with E-state index in [1.807, 2.05) is 57.5 Å². The molecule has 1 aliphatic heterocycles. The fourth-order valence-corrected chi connectivity index (χ4v) is 4.24. The molecule has 1 aromatic heterocycles. The summed E-state index contributed by atoms with van der Waals surface area (Å²) < 4.78 is 0. The van der Waals surface area contributed by atoms with Gasteiger partial charge in [0.1, 0.15) is 4.87 Å². The van der Waals surface area contributed by atoms with E-state index in [1.54, 1.807) is 11.3 Å². The minimum atomic E-state index is -0.792. The normalized spacial score (nSPS) is 20.3. The molecule has 30 heavy (non-hydrogen) atoms. The molecule has 162 valence electrons. The number of nitrogens with zero attached hydrogens (tertiary/aromatic N) is 3. The van der Waals surface area contributed by atoms with Crippen molar-refractivity contribution in [2.45, 2.75) is 59.0 Å². The zero-order valence-electron chi connectivity index (χ0n) is 17.8. The number of carbonyl (C=O) groups excluding carboxylic acids is 1. The minimum Gasteiger partial charge on any atom is -0.391 e. The van der Waals surface area contributed by atoms with Crippen molar-refractivity contribution in [3.8, 4) is 10.4 Å². The Hall–Kier alpha value is -2.36. The third-order valence-corrected chi connectivity index (χ3v) is 6.38. The first-order valence-corrected chi connectivity index (χ1v) is 10.9. The second kappa shape index (κ2) is 8.79. The van der Waals surface area contributed by atoms with Crippen LogP contribution >= 0.6 is 11.3 Å². The molecule has 1 aromatic carbocycles. The number of aryl methyl sites for hydroxylation is 1. The Morgan fingerprint density at radius 1 is 1.40 bits per heavy atom. The average Bonchev–Trinajstić information content (AvgIpc) is 3.30. The van der Waals surface area contributed by atoms with Gasteiger partial charge in [-0.1, -0.05) is 45.0 Å². The summed E-state index contributed by atoms with van der Waals surface area (Å²) in [5, 5.41) is 10.0. The molecule has 0 radical (unpaired) electrons. The van der Waals surface area contributed by atoms with E-state index in [4.69, 9.17) is 5.73 Å². The third-order valence-electron chi connectivity index (χ3n) is 5.40. The second-order valence-electron chi connectivity index (χ2n) is 8.83. The number of amides is 1. The van der Waals surface area contributed by atoms with Crippen LogP contribution in [-0.2, 0) is 11.3 Å². The predicted octanol–water partition coefficient (Wildman–Crippen LogP) is 2.19. The summed E-state index contributed by atoms with van der Waals surface area (Å²) in [6, 6.07) is 7.17. The first kappa shape index (κ1) is 22.3. The Balaban J connectivity index is 1.63. The molecule has 2 aromatic rings. The van der Waals surface area contributed by atoms with Crippen molar-refractivity contribution in [1.82, 2.24) is 15.3 Å². The summed E-state index contributed by atoms with van der Waals surface area (Å²) in [5.41, 5.74) is 13.3. The number of rotatable bonds is 6. The summed E-state index contributed by atoms with van der Waals surface area (Å²) in [7, 11) is 0. The number of thiazole rings is 1. The van der Waals surface area contributed by atoms with Crippen molar-refractivity contribution < 1.29 is 14.8 Å². The predicted molar refractivity (Wildman–Crippen MR) is 116 cm³/mol. The molecule has 9 heteroatoms. The van der Waals surface area contributed by atoms with Crippen LogP contribution in [-0.4, -0.2) is 50.6 Å². The maximum absolute atomic E-state index is 12.8. The maximum Gasteiger partial charge on any atom is 0.313 e. The highest BCUT2D eigenvalue weighted by Crippen LogP contribution is 2.27. The molecule has 4 N–H and O–H groups in total. The molecule has 1 saturated heterocycles. The van der Waals surface area contributed by atoms with E-state index in [-0.39, 0.29) is 18.9 Å². The number of hydrogen-bond acceptors (Lipinski definition) is 6. The molecule has 0 saturated carbocycles. The maximum atomic E-state index is 12.8. The zero-order valence-corrected chi connectivity index (χ0v) is 18.6. The number of carbonyl (C=O) groups is 1. The van der Waals surface area contributed by atoms with Crippen LogP contribution in [0.4, 0.5) is 0 Å². The van der Waals surface area contributed by atoms with E-state index < -0.39 is 23.7 Å². The van der Waals surface area contributed by atoms with Crippen LogP contribution in [0.25, 0.3) is 10.4 Å². The second-order valence-corrected chi connectivity index (χ2v) is 9.68. The van der Waals surface area contributed by atoms with Gasteiger partial charge in [0, 0.05) is 0 Å². The van der Waals surface area contributed by atoms with Gasteiger partial charge in [0.25, 0.3) is 0 Å². The Labute approximate surface area is 180 Å². The van der Waals surface area contributed by atoms with Crippen LogP contribution in [0.2, 0.25) is 0 Å². The van der Waals surface area contributed by atoms with Gasteiger partial charge in [-0.25, -0.2) is 4.98 Å². The molecule has 8 nitrogen and oxygen atoms in total. The Morgan fingerprint density at radius 2 is 2.07 bits per heavy atom. The Morgan fingerprint density at radius 3 is 2.63 bits per heavy atom. The first-order chi connectivity index (χ1) is 14.1. The van der Waals surface area contributed by atoms with Gasteiger partial charge in [0.2, 0.25) is 5.91 Å². The fraction of sp³-hybridized carbons (Fsp3) is 0.524. The molecule has 3 rings (SSSR count). The lowest BCUT2D eigenvalue weighted by Gasteiger charge is -2.30. The number of nitroso groups, excluding NO2 is 1. The first-order valence-electron chi connectivity index (χ1n) is 10.0. The highest BCUT2D eigenvalue weighted by Gasteiger charge is 2.47. The number of hydrazine groups is 1. The molecule has 1 amide bonds. The third kappa shape index (κ3) is 4.85. The molecule has 2 heterocycles. The van der Waals surface area contributed by atoms with E-state index in [1.165, 1.54) is 4.90 Å². The van der Waals surface area contributed by atoms with Crippen molar-refractivity contribution >= 4 is 17.2 Å². The Kier molecular flexibility index (Phi) is 6.54. The van der Waals surface area contributed by atoms with Crippen LogP contribution < -0.4 is 11.2 Å². The van der Waals surface area contributed by atoms with Crippen LogP contribution in [0.1, 0.15) is 38.4 Å². The Bertz CT molecular complexity index is 906. The molecule has 0 aliphatic carbocycles. The monoisotopic (exact) mass is 432 g/mol. The van der Waals surface area contributed by atoms with E-state index in [2.05, 4.69) is 10.4 Å². The lowest BCUT2D eigenvalue weighted by molar-refractivity contribution is -0.657. The molecule has 0 bridgehead atoms. The lowest BCUT2D eigenvalue weighted by Crippen LogP contribution is -2.55. The van der Waals surface area contributed by atoms with Gasteiger partial charge in [0.05, 0.1) is 52.6 Å². The smallest absolute Gasteiger partial charge is 0.313 e. The lowest BCUT2D eigenvalue weighted by atomic mass is 9.86. The zero-order chi connectivity index (χ0) is 22.1. The SMILES string of the molecule is Cc1ncsc1-c1ccc(CN[N+](=O)[C@@H]2C[C@@H](O)CN2C(=O)[C@@H](N)C(C)(C)C)cc1. The number of aliphatic hydroxyl groups is 1.